The Labute approximate surface area is 206 Å². The maximum Gasteiger partial charge on any atom is 0.0384 e. The van der Waals surface area contributed by atoms with Gasteiger partial charge in [0, 0.05) is 11.4 Å². The average Bonchev–Trinajstić information content (AvgIpc) is 2.94. The van der Waals surface area contributed by atoms with Gasteiger partial charge in [-0.05, 0) is 68.4 Å². The molecule has 0 heterocycles. The van der Waals surface area contributed by atoms with Crippen molar-refractivity contribution < 1.29 is 0 Å². The molecule has 0 atom stereocenters. The predicted molar refractivity (Wildman–Crippen MR) is 150 cm³/mol. The second kappa shape index (κ2) is 9.32. The van der Waals surface area contributed by atoms with Gasteiger partial charge in [0.2, 0.25) is 0 Å². The summed E-state index contributed by atoms with van der Waals surface area (Å²) in [4.78, 5) is 0. The van der Waals surface area contributed by atoms with E-state index in [-0.39, 0.29) is 0 Å². The molecule has 0 aromatic heterocycles. The highest BCUT2D eigenvalue weighted by molar-refractivity contribution is 6.05. The predicted octanol–water partition coefficient (Wildman–Crippen LogP) is 9.58. The van der Waals surface area contributed by atoms with Gasteiger partial charge in [-0.15, -0.1) is 0 Å². The van der Waals surface area contributed by atoms with Crippen molar-refractivity contribution in [3.05, 3.63) is 146 Å². The van der Waals surface area contributed by atoms with Crippen LogP contribution in [0.3, 0.4) is 0 Å². The molecule has 0 saturated heterocycles. The SMILES string of the molecule is c1ccc(-c2ccc(Nc3ccc(-c4ccc(-c5ccccc5)c5ccccc45)cc3)cc2)cc1. The quantitative estimate of drug-likeness (QED) is 0.277. The number of hydrogen-bond donors (Lipinski definition) is 1. The molecule has 0 fully saturated rings. The van der Waals surface area contributed by atoms with E-state index in [0.717, 1.165) is 11.4 Å². The number of nitrogens with one attached hydrogen (secondary N) is 1. The van der Waals surface area contributed by atoms with Crippen molar-refractivity contribution in [3.63, 3.8) is 0 Å². The van der Waals surface area contributed by atoms with Gasteiger partial charge in [-0.1, -0.05) is 121 Å². The molecule has 1 N–H and O–H groups in total. The molecular formula is C34H25N. The molecule has 0 saturated carbocycles. The zero-order chi connectivity index (χ0) is 23.5. The molecule has 1 nitrogen and oxygen atoms in total. The van der Waals surface area contributed by atoms with E-state index in [4.69, 9.17) is 0 Å². The van der Waals surface area contributed by atoms with Crippen molar-refractivity contribution in [1.82, 2.24) is 0 Å². The van der Waals surface area contributed by atoms with E-state index in [9.17, 15) is 0 Å². The largest absolute Gasteiger partial charge is 0.356 e. The Balaban J connectivity index is 1.27. The van der Waals surface area contributed by atoms with E-state index in [1.54, 1.807) is 0 Å². The van der Waals surface area contributed by atoms with E-state index in [0.29, 0.717) is 0 Å². The first-order valence-electron chi connectivity index (χ1n) is 12.0. The fraction of sp³-hybridized carbons (Fsp3) is 0. The molecule has 35 heavy (non-hydrogen) atoms. The number of rotatable bonds is 5. The number of hydrogen-bond acceptors (Lipinski definition) is 1. The van der Waals surface area contributed by atoms with Gasteiger partial charge in [0.05, 0.1) is 0 Å². The summed E-state index contributed by atoms with van der Waals surface area (Å²) in [7, 11) is 0. The summed E-state index contributed by atoms with van der Waals surface area (Å²) >= 11 is 0. The van der Waals surface area contributed by atoms with Gasteiger partial charge < -0.3 is 5.32 Å². The molecule has 0 aliphatic heterocycles. The van der Waals surface area contributed by atoms with Crippen LogP contribution in [0.25, 0.3) is 44.2 Å². The lowest BCUT2D eigenvalue weighted by Gasteiger charge is -2.13. The summed E-state index contributed by atoms with van der Waals surface area (Å²) in [6, 6.07) is 51.5. The summed E-state index contributed by atoms with van der Waals surface area (Å²) in [5, 5.41) is 6.07. The van der Waals surface area contributed by atoms with E-state index in [1.165, 1.54) is 44.2 Å². The Bertz CT molecular complexity index is 1570. The van der Waals surface area contributed by atoms with Crippen molar-refractivity contribution >= 4 is 22.1 Å². The first kappa shape index (κ1) is 20.9. The fourth-order valence-corrected chi connectivity index (χ4v) is 4.70. The minimum absolute atomic E-state index is 1.08. The lowest BCUT2D eigenvalue weighted by Crippen LogP contribution is -1.91. The van der Waals surface area contributed by atoms with Crippen LogP contribution < -0.4 is 5.32 Å². The molecule has 0 aliphatic carbocycles. The van der Waals surface area contributed by atoms with E-state index < -0.39 is 0 Å². The Morgan fingerprint density at radius 2 is 0.657 bits per heavy atom. The third-order valence-electron chi connectivity index (χ3n) is 6.49. The summed E-state index contributed by atoms with van der Waals surface area (Å²) in [5.41, 5.74) is 9.58. The van der Waals surface area contributed by atoms with Crippen LogP contribution in [-0.2, 0) is 0 Å². The minimum Gasteiger partial charge on any atom is -0.356 e. The van der Waals surface area contributed by atoms with Crippen molar-refractivity contribution in [3.8, 4) is 33.4 Å². The first-order valence-corrected chi connectivity index (χ1v) is 12.0. The maximum absolute atomic E-state index is 3.53. The average molecular weight is 448 g/mol. The molecule has 0 aliphatic rings. The standard InChI is InChI=1S/C34H25N/c1-3-9-25(10-4-1)26-15-19-29(20-16-26)35-30-21-17-28(18-22-30)32-24-23-31(27-11-5-2-6-12-27)33-13-7-8-14-34(32)33/h1-24,35H. The van der Waals surface area contributed by atoms with Crippen LogP contribution in [0.5, 0.6) is 0 Å². The maximum atomic E-state index is 3.53. The van der Waals surface area contributed by atoms with Crippen LogP contribution in [0.15, 0.2) is 146 Å². The molecule has 0 unspecified atom stereocenters. The van der Waals surface area contributed by atoms with Crippen LogP contribution >= 0.6 is 0 Å². The molecule has 6 rings (SSSR count). The van der Waals surface area contributed by atoms with Crippen LogP contribution in [0.4, 0.5) is 11.4 Å². The lowest BCUT2D eigenvalue weighted by atomic mass is 9.92. The highest BCUT2D eigenvalue weighted by atomic mass is 14.9. The third kappa shape index (κ3) is 4.32. The highest BCUT2D eigenvalue weighted by Gasteiger charge is 2.09. The van der Waals surface area contributed by atoms with Gasteiger partial charge in [-0.2, -0.15) is 0 Å². The topological polar surface area (TPSA) is 12.0 Å². The van der Waals surface area contributed by atoms with Gasteiger partial charge in [-0.25, -0.2) is 0 Å². The Hall–Kier alpha value is -4.62. The second-order valence-electron chi connectivity index (χ2n) is 8.72. The zero-order valence-electron chi connectivity index (χ0n) is 19.4. The minimum atomic E-state index is 1.08. The van der Waals surface area contributed by atoms with E-state index in [2.05, 4.69) is 145 Å². The van der Waals surface area contributed by atoms with E-state index >= 15 is 0 Å². The van der Waals surface area contributed by atoms with Crippen LogP contribution in [0.1, 0.15) is 0 Å². The Morgan fingerprint density at radius 3 is 1.17 bits per heavy atom. The van der Waals surface area contributed by atoms with Crippen LogP contribution in [0, 0.1) is 0 Å². The van der Waals surface area contributed by atoms with Gasteiger partial charge in [0.1, 0.15) is 0 Å². The second-order valence-corrected chi connectivity index (χ2v) is 8.72. The van der Waals surface area contributed by atoms with Crippen LogP contribution in [-0.4, -0.2) is 0 Å². The first-order chi connectivity index (χ1) is 17.3. The normalized spacial score (nSPS) is 10.9. The zero-order valence-corrected chi connectivity index (χ0v) is 19.4. The molecule has 6 aromatic rings. The van der Waals surface area contributed by atoms with Gasteiger partial charge in [-0.3, -0.25) is 0 Å². The van der Waals surface area contributed by atoms with Crippen molar-refractivity contribution in [1.29, 1.82) is 0 Å². The number of benzene rings is 6. The molecular weight excluding hydrogens is 422 g/mol. The molecule has 0 bridgehead atoms. The number of anilines is 2. The van der Waals surface area contributed by atoms with E-state index in [1.807, 2.05) is 6.07 Å². The highest BCUT2D eigenvalue weighted by Crippen LogP contribution is 2.36. The molecule has 6 aromatic carbocycles. The smallest absolute Gasteiger partial charge is 0.0384 e. The summed E-state index contributed by atoms with van der Waals surface area (Å²) < 4.78 is 0. The fourth-order valence-electron chi connectivity index (χ4n) is 4.70. The summed E-state index contributed by atoms with van der Waals surface area (Å²) in [5.74, 6) is 0. The monoisotopic (exact) mass is 447 g/mol. The van der Waals surface area contributed by atoms with Crippen molar-refractivity contribution in [2.75, 3.05) is 5.32 Å². The van der Waals surface area contributed by atoms with Crippen molar-refractivity contribution in [2.45, 2.75) is 0 Å². The summed E-state index contributed by atoms with van der Waals surface area (Å²) in [6.45, 7) is 0. The molecule has 0 spiro atoms. The summed E-state index contributed by atoms with van der Waals surface area (Å²) in [6.07, 6.45) is 0. The molecule has 1 heteroatoms. The number of fused-ring (bicyclic) bond motifs is 1. The van der Waals surface area contributed by atoms with Crippen LogP contribution in [0.2, 0.25) is 0 Å². The third-order valence-corrected chi connectivity index (χ3v) is 6.49. The molecule has 0 radical (unpaired) electrons. The lowest BCUT2D eigenvalue weighted by molar-refractivity contribution is 1.54. The van der Waals surface area contributed by atoms with Gasteiger partial charge >= 0.3 is 0 Å². The molecule has 0 amide bonds. The van der Waals surface area contributed by atoms with Gasteiger partial charge in [0.15, 0.2) is 0 Å². The Kier molecular flexibility index (Phi) is 5.58. The van der Waals surface area contributed by atoms with Crippen molar-refractivity contribution in [2.24, 2.45) is 0 Å². The van der Waals surface area contributed by atoms with Gasteiger partial charge in [0.25, 0.3) is 0 Å². The molecule has 166 valence electrons. The Morgan fingerprint density at radius 1 is 0.286 bits per heavy atom.